The number of aromatic amines is 1. The molecule has 4 N–H and O–H groups in total. The maximum atomic E-state index is 6.40. The molecule has 0 amide bonds. The number of ether oxygens (including phenoxy) is 1. The van der Waals surface area contributed by atoms with Gasteiger partial charge in [-0.2, -0.15) is 0 Å². The second-order valence-corrected chi connectivity index (χ2v) is 7.62. The van der Waals surface area contributed by atoms with Crippen LogP contribution in [-0.4, -0.2) is 46.1 Å². The van der Waals surface area contributed by atoms with Gasteiger partial charge in [-0.15, -0.1) is 0 Å². The van der Waals surface area contributed by atoms with Gasteiger partial charge in [-0.1, -0.05) is 6.07 Å². The molecule has 0 bridgehead atoms. The molecule has 0 spiro atoms. The van der Waals surface area contributed by atoms with E-state index in [0.29, 0.717) is 0 Å². The van der Waals surface area contributed by atoms with Gasteiger partial charge in [0.1, 0.15) is 24.0 Å². The molecule has 5 rings (SSSR count). The standard InChI is InChI=1S/C22H24N6O/c1-28-9-7-15(8-10-28)29-20-4-2-3-19-21(20)22(26-13-25-19)27-14-5-6-18-16(11-14)17(23)12-24-18/h2-6,11-13,15,24H,7-10,23H2,1H3,(H,25,26,27). The second kappa shape index (κ2) is 7.25. The average molecular weight is 388 g/mol. The Labute approximate surface area is 168 Å². The minimum Gasteiger partial charge on any atom is -0.489 e. The normalized spacial score (nSPS) is 15.8. The number of nitrogens with zero attached hydrogens (tertiary/aromatic N) is 3. The number of hydrogen-bond donors (Lipinski definition) is 3. The first-order valence-electron chi connectivity index (χ1n) is 9.90. The van der Waals surface area contributed by atoms with Crippen molar-refractivity contribution in [2.45, 2.75) is 18.9 Å². The molecule has 29 heavy (non-hydrogen) atoms. The molecule has 0 unspecified atom stereocenters. The second-order valence-electron chi connectivity index (χ2n) is 7.62. The predicted octanol–water partition coefficient (Wildman–Crippen LogP) is 3.91. The highest BCUT2D eigenvalue weighted by atomic mass is 16.5. The molecule has 0 radical (unpaired) electrons. The lowest BCUT2D eigenvalue weighted by molar-refractivity contribution is 0.116. The first kappa shape index (κ1) is 17.8. The zero-order chi connectivity index (χ0) is 19.8. The Morgan fingerprint density at radius 3 is 2.90 bits per heavy atom. The predicted molar refractivity (Wildman–Crippen MR) is 117 cm³/mol. The van der Waals surface area contributed by atoms with Crippen LogP contribution in [0.2, 0.25) is 0 Å². The number of aromatic nitrogens is 3. The summed E-state index contributed by atoms with van der Waals surface area (Å²) in [5.74, 6) is 1.55. The van der Waals surface area contributed by atoms with E-state index in [4.69, 9.17) is 10.5 Å². The highest BCUT2D eigenvalue weighted by molar-refractivity contribution is 5.98. The molecular weight excluding hydrogens is 364 g/mol. The van der Waals surface area contributed by atoms with Gasteiger partial charge in [0.05, 0.1) is 16.6 Å². The van der Waals surface area contributed by atoms with Crippen LogP contribution in [0.3, 0.4) is 0 Å². The third kappa shape index (κ3) is 3.45. The Morgan fingerprint density at radius 2 is 2.03 bits per heavy atom. The zero-order valence-electron chi connectivity index (χ0n) is 16.4. The van der Waals surface area contributed by atoms with Crippen LogP contribution >= 0.6 is 0 Å². The molecule has 1 aliphatic rings. The number of H-pyrrole nitrogens is 1. The summed E-state index contributed by atoms with van der Waals surface area (Å²) in [4.78, 5) is 14.4. The van der Waals surface area contributed by atoms with Crippen LogP contribution in [0.5, 0.6) is 5.75 Å². The molecule has 7 nitrogen and oxygen atoms in total. The van der Waals surface area contributed by atoms with Crippen LogP contribution in [-0.2, 0) is 0 Å². The molecule has 7 heteroatoms. The summed E-state index contributed by atoms with van der Waals surface area (Å²) < 4.78 is 6.40. The number of anilines is 3. The lowest BCUT2D eigenvalue weighted by Crippen LogP contribution is -2.35. The fraction of sp³-hybridized carbons (Fsp3) is 0.273. The smallest absolute Gasteiger partial charge is 0.145 e. The van der Waals surface area contributed by atoms with E-state index in [9.17, 15) is 0 Å². The van der Waals surface area contributed by atoms with Gasteiger partial charge in [-0.3, -0.25) is 0 Å². The third-order valence-corrected chi connectivity index (χ3v) is 5.56. The fourth-order valence-electron chi connectivity index (χ4n) is 3.91. The first-order chi connectivity index (χ1) is 14.2. The highest BCUT2D eigenvalue weighted by Crippen LogP contribution is 2.34. The van der Waals surface area contributed by atoms with Crippen molar-refractivity contribution in [1.29, 1.82) is 0 Å². The largest absolute Gasteiger partial charge is 0.489 e. The van der Waals surface area contributed by atoms with Crippen molar-refractivity contribution in [3.63, 3.8) is 0 Å². The van der Waals surface area contributed by atoms with Crippen molar-refractivity contribution < 1.29 is 4.74 Å². The molecule has 4 aromatic rings. The quantitative estimate of drug-likeness (QED) is 0.491. The van der Waals surface area contributed by atoms with E-state index in [1.165, 1.54) is 0 Å². The van der Waals surface area contributed by atoms with Gasteiger partial charge in [0.15, 0.2) is 0 Å². The van der Waals surface area contributed by atoms with Crippen molar-refractivity contribution in [1.82, 2.24) is 19.9 Å². The van der Waals surface area contributed by atoms with E-state index in [2.05, 4.69) is 32.2 Å². The number of fused-ring (bicyclic) bond motifs is 2. The molecule has 148 valence electrons. The number of hydrogen-bond acceptors (Lipinski definition) is 6. The summed E-state index contributed by atoms with van der Waals surface area (Å²) in [7, 11) is 2.15. The molecule has 2 aromatic heterocycles. The Bertz CT molecular complexity index is 1160. The molecular formula is C22H24N6O. The Kier molecular flexibility index (Phi) is 4.44. The number of rotatable bonds is 4. The molecule has 0 saturated carbocycles. The van der Waals surface area contributed by atoms with Crippen molar-refractivity contribution in [2.24, 2.45) is 0 Å². The van der Waals surface area contributed by atoms with E-state index in [0.717, 1.165) is 70.7 Å². The van der Waals surface area contributed by atoms with Crippen LogP contribution in [0.1, 0.15) is 12.8 Å². The lowest BCUT2D eigenvalue weighted by atomic mass is 10.1. The number of benzene rings is 2. The molecule has 1 aliphatic heterocycles. The van der Waals surface area contributed by atoms with Gasteiger partial charge in [0.25, 0.3) is 0 Å². The molecule has 2 aromatic carbocycles. The van der Waals surface area contributed by atoms with Gasteiger partial charge in [-0.25, -0.2) is 9.97 Å². The van der Waals surface area contributed by atoms with E-state index in [1.54, 1.807) is 6.33 Å². The van der Waals surface area contributed by atoms with Crippen LogP contribution in [0, 0.1) is 0 Å². The highest BCUT2D eigenvalue weighted by Gasteiger charge is 2.20. The monoisotopic (exact) mass is 388 g/mol. The fourth-order valence-corrected chi connectivity index (χ4v) is 3.91. The van der Waals surface area contributed by atoms with E-state index in [1.807, 2.05) is 42.6 Å². The van der Waals surface area contributed by atoms with Gasteiger partial charge in [-0.05, 0) is 50.2 Å². The minimum atomic E-state index is 0.209. The average Bonchev–Trinajstić information content (AvgIpc) is 3.10. The topological polar surface area (TPSA) is 92.1 Å². The number of nitrogen functional groups attached to an aromatic ring is 1. The summed E-state index contributed by atoms with van der Waals surface area (Å²) >= 11 is 0. The van der Waals surface area contributed by atoms with E-state index in [-0.39, 0.29) is 6.10 Å². The maximum Gasteiger partial charge on any atom is 0.145 e. The van der Waals surface area contributed by atoms with Crippen molar-refractivity contribution >= 4 is 39.0 Å². The van der Waals surface area contributed by atoms with Crippen molar-refractivity contribution in [3.8, 4) is 5.75 Å². The van der Waals surface area contributed by atoms with Gasteiger partial charge in [0.2, 0.25) is 0 Å². The van der Waals surface area contributed by atoms with Crippen LogP contribution in [0.15, 0.2) is 48.9 Å². The number of nitrogens with one attached hydrogen (secondary N) is 2. The zero-order valence-corrected chi connectivity index (χ0v) is 16.4. The molecule has 1 fully saturated rings. The van der Waals surface area contributed by atoms with Crippen LogP contribution in [0.25, 0.3) is 21.8 Å². The van der Waals surface area contributed by atoms with E-state index >= 15 is 0 Å². The van der Waals surface area contributed by atoms with Gasteiger partial charge < -0.3 is 25.7 Å². The summed E-state index contributed by atoms with van der Waals surface area (Å²) in [5, 5.41) is 5.31. The Morgan fingerprint density at radius 1 is 1.17 bits per heavy atom. The number of nitrogens with two attached hydrogens (primary N) is 1. The molecule has 3 heterocycles. The summed E-state index contributed by atoms with van der Waals surface area (Å²) in [6, 6.07) is 12.0. The first-order valence-corrected chi connectivity index (χ1v) is 9.90. The van der Waals surface area contributed by atoms with Crippen molar-refractivity contribution in [2.75, 3.05) is 31.2 Å². The van der Waals surface area contributed by atoms with Crippen LogP contribution < -0.4 is 15.8 Å². The van der Waals surface area contributed by atoms with Crippen LogP contribution in [0.4, 0.5) is 17.2 Å². The maximum absolute atomic E-state index is 6.40. The van der Waals surface area contributed by atoms with Gasteiger partial charge in [0, 0.05) is 35.9 Å². The van der Waals surface area contributed by atoms with E-state index < -0.39 is 0 Å². The summed E-state index contributed by atoms with van der Waals surface area (Å²) in [6.07, 6.45) is 5.63. The lowest BCUT2D eigenvalue weighted by Gasteiger charge is -2.29. The summed E-state index contributed by atoms with van der Waals surface area (Å²) in [6.45, 7) is 2.10. The summed E-state index contributed by atoms with van der Waals surface area (Å²) in [5.41, 5.74) is 9.56. The minimum absolute atomic E-state index is 0.209. The molecule has 0 aliphatic carbocycles. The SMILES string of the molecule is CN1CCC(Oc2cccc3ncnc(Nc4ccc5[nH]cc(N)c5c4)c23)CC1. The molecule has 0 atom stereocenters. The third-order valence-electron chi connectivity index (χ3n) is 5.56. The van der Waals surface area contributed by atoms with Crippen molar-refractivity contribution in [3.05, 3.63) is 48.9 Å². The number of piperidine rings is 1. The van der Waals surface area contributed by atoms with Gasteiger partial charge >= 0.3 is 0 Å². The Hall–Kier alpha value is -3.32. The Balaban J connectivity index is 1.50. The molecule has 1 saturated heterocycles. The number of likely N-dealkylation sites (tertiary alicyclic amines) is 1.